The predicted molar refractivity (Wildman–Crippen MR) is 78.2 cm³/mol. The van der Waals surface area contributed by atoms with E-state index in [1.807, 2.05) is 11.8 Å². The summed E-state index contributed by atoms with van der Waals surface area (Å²) in [6.07, 6.45) is 5.32. The highest BCUT2D eigenvalue weighted by atomic mass is 32.2. The number of hydrogen-bond donors (Lipinski definition) is 1. The van der Waals surface area contributed by atoms with Gasteiger partial charge in [0.1, 0.15) is 0 Å². The molecule has 0 spiro atoms. The van der Waals surface area contributed by atoms with Crippen LogP contribution in [0.1, 0.15) is 19.3 Å². The van der Waals surface area contributed by atoms with Crippen LogP contribution in [-0.4, -0.2) is 35.6 Å². The lowest BCUT2D eigenvalue weighted by Gasteiger charge is -2.07. The molecule has 0 aliphatic rings. The fourth-order valence-corrected chi connectivity index (χ4v) is 2.07. The van der Waals surface area contributed by atoms with Crippen LogP contribution in [0.25, 0.3) is 0 Å². The van der Waals surface area contributed by atoms with Gasteiger partial charge in [-0.15, -0.1) is 0 Å². The van der Waals surface area contributed by atoms with Crippen LogP contribution in [0.15, 0.2) is 12.1 Å². The van der Waals surface area contributed by atoms with Crippen LogP contribution in [0.2, 0.25) is 0 Å². The molecule has 0 unspecified atom stereocenters. The minimum atomic E-state index is -0.442. The molecule has 7 heteroatoms. The largest absolute Gasteiger partial charge is 0.481 e. The summed E-state index contributed by atoms with van der Waals surface area (Å²) in [7, 11) is 1.49. The Kier molecular flexibility index (Phi) is 7.02. The van der Waals surface area contributed by atoms with Gasteiger partial charge < -0.3 is 10.1 Å². The molecule has 0 saturated heterocycles. The highest BCUT2D eigenvalue weighted by molar-refractivity contribution is 7.98. The van der Waals surface area contributed by atoms with E-state index in [-0.39, 0.29) is 11.5 Å². The van der Waals surface area contributed by atoms with Crippen molar-refractivity contribution < 1.29 is 9.66 Å². The van der Waals surface area contributed by atoms with Gasteiger partial charge in [0.15, 0.2) is 0 Å². The normalized spacial score (nSPS) is 10.2. The van der Waals surface area contributed by atoms with Gasteiger partial charge in [0.2, 0.25) is 11.7 Å². The minimum absolute atomic E-state index is 0.0232. The second-order valence-corrected chi connectivity index (χ2v) is 4.94. The molecule has 1 N–H and O–H groups in total. The standard InChI is InChI=1S/C12H19N3O3S/c1-18-11-7-6-10(15(16)17)12(14-11)13-8-4-3-5-9-19-2/h6-7H,3-5,8-9H2,1-2H3,(H,13,14). The van der Waals surface area contributed by atoms with Crippen LogP contribution in [0.4, 0.5) is 11.5 Å². The summed E-state index contributed by atoms with van der Waals surface area (Å²) < 4.78 is 4.97. The van der Waals surface area contributed by atoms with Gasteiger partial charge in [0.05, 0.1) is 12.0 Å². The number of thioether (sulfide) groups is 1. The van der Waals surface area contributed by atoms with E-state index in [9.17, 15) is 10.1 Å². The Bertz CT molecular complexity index is 415. The Labute approximate surface area is 117 Å². The summed E-state index contributed by atoms with van der Waals surface area (Å²) >= 11 is 1.83. The summed E-state index contributed by atoms with van der Waals surface area (Å²) in [5.74, 6) is 1.79. The molecule has 0 atom stereocenters. The third-order valence-corrected chi connectivity index (χ3v) is 3.27. The van der Waals surface area contributed by atoms with Gasteiger partial charge in [-0.25, -0.2) is 0 Å². The second-order valence-electron chi connectivity index (χ2n) is 3.96. The first-order valence-corrected chi connectivity index (χ1v) is 7.50. The van der Waals surface area contributed by atoms with Gasteiger partial charge in [-0.1, -0.05) is 6.42 Å². The molecular weight excluding hydrogens is 266 g/mol. The number of nitro groups is 1. The topological polar surface area (TPSA) is 77.3 Å². The molecule has 0 aliphatic heterocycles. The molecule has 1 heterocycles. The molecule has 6 nitrogen and oxygen atoms in total. The molecule has 1 aromatic rings. The zero-order valence-corrected chi connectivity index (χ0v) is 12.0. The average molecular weight is 285 g/mol. The zero-order valence-electron chi connectivity index (χ0n) is 11.2. The molecule has 0 saturated carbocycles. The summed E-state index contributed by atoms with van der Waals surface area (Å²) in [6, 6.07) is 2.89. The average Bonchev–Trinajstić information content (AvgIpc) is 2.42. The van der Waals surface area contributed by atoms with Gasteiger partial charge >= 0.3 is 5.69 Å². The first-order valence-electron chi connectivity index (χ1n) is 6.11. The van der Waals surface area contributed by atoms with Gasteiger partial charge in [-0.3, -0.25) is 10.1 Å². The van der Waals surface area contributed by atoms with Crippen LogP contribution >= 0.6 is 11.8 Å². The number of rotatable bonds is 9. The third-order valence-electron chi connectivity index (χ3n) is 2.57. The van der Waals surface area contributed by atoms with Crippen LogP contribution in [0.5, 0.6) is 5.88 Å². The first-order chi connectivity index (χ1) is 9.19. The third kappa shape index (κ3) is 5.34. The lowest BCUT2D eigenvalue weighted by atomic mass is 10.2. The van der Waals surface area contributed by atoms with Crippen LogP contribution in [0.3, 0.4) is 0 Å². The molecule has 0 aromatic carbocycles. The van der Waals surface area contributed by atoms with Crippen molar-refractivity contribution in [2.75, 3.05) is 31.0 Å². The molecule has 0 bridgehead atoms. The Hall–Kier alpha value is -1.50. The number of nitrogens with zero attached hydrogens (tertiary/aromatic N) is 2. The number of nitrogens with one attached hydrogen (secondary N) is 1. The van der Waals surface area contributed by atoms with Gasteiger partial charge in [-0.2, -0.15) is 16.7 Å². The summed E-state index contributed by atoms with van der Waals surface area (Å²) in [5.41, 5.74) is -0.0232. The number of anilines is 1. The van der Waals surface area contributed by atoms with E-state index in [2.05, 4.69) is 16.6 Å². The van der Waals surface area contributed by atoms with Crippen molar-refractivity contribution >= 4 is 23.3 Å². The maximum Gasteiger partial charge on any atom is 0.311 e. The molecule has 1 aromatic heterocycles. The van der Waals surface area contributed by atoms with Gasteiger partial charge in [0.25, 0.3) is 0 Å². The SMILES string of the molecule is COc1ccc([N+](=O)[O-])c(NCCCCCSC)n1. The molecule has 0 radical (unpaired) electrons. The van der Waals surface area contributed by atoms with Gasteiger partial charge in [0, 0.05) is 18.7 Å². The number of pyridine rings is 1. The molecular formula is C12H19N3O3S. The van der Waals surface area contributed by atoms with Gasteiger partial charge in [-0.05, 0) is 24.9 Å². The van der Waals surface area contributed by atoms with E-state index in [4.69, 9.17) is 4.74 Å². The van der Waals surface area contributed by atoms with E-state index >= 15 is 0 Å². The molecule has 1 rings (SSSR count). The fraction of sp³-hybridized carbons (Fsp3) is 0.583. The molecule has 106 valence electrons. The molecule has 0 aliphatic carbocycles. The molecule has 0 fully saturated rings. The lowest BCUT2D eigenvalue weighted by molar-refractivity contribution is -0.384. The lowest BCUT2D eigenvalue weighted by Crippen LogP contribution is -2.07. The van der Waals surface area contributed by atoms with E-state index in [0.717, 1.165) is 25.0 Å². The van der Waals surface area contributed by atoms with E-state index in [1.165, 1.54) is 19.2 Å². The number of unbranched alkanes of at least 4 members (excludes halogenated alkanes) is 2. The highest BCUT2D eigenvalue weighted by Gasteiger charge is 2.15. The van der Waals surface area contributed by atoms with Crippen molar-refractivity contribution in [2.45, 2.75) is 19.3 Å². The second kappa shape index (κ2) is 8.58. The Morgan fingerprint density at radius 1 is 1.42 bits per heavy atom. The van der Waals surface area contributed by atoms with Crippen molar-refractivity contribution in [1.29, 1.82) is 0 Å². The summed E-state index contributed by atoms with van der Waals surface area (Å²) in [5, 5.41) is 13.9. The maximum atomic E-state index is 10.9. The number of aromatic nitrogens is 1. The monoisotopic (exact) mass is 285 g/mol. The van der Waals surface area contributed by atoms with E-state index in [1.54, 1.807) is 0 Å². The van der Waals surface area contributed by atoms with Crippen LogP contribution in [-0.2, 0) is 0 Å². The number of ether oxygens (including phenoxy) is 1. The van der Waals surface area contributed by atoms with Crippen molar-refractivity contribution in [2.24, 2.45) is 0 Å². The minimum Gasteiger partial charge on any atom is -0.481 e. The van der Waals surface area contributed by atoms with E-state index < -0.39 is 4.92 Å². The van der Waals surface area contributed by atoms with Crippen LogP contribution in [0, 0.1) is 10.1 Å². The summed E-state index contributed by atoms with van der Waals surface area (Å²) in [6.45, 7) is 0.676. The van der Waals surface area contributed by atoms with Crippen molar-refractivity contribution in [3.05, 3.63) is 22.2 Å². The van der Waals surface area contributed by atoms with E-state index in [0.29, 0.717) is 12.4 Å². The Morgan fingerprint density at radius 2 is 2.21 bits per heavy atom. The van der Waals surface area contributed by atoms with Crippen molar-refractivity contribution in [1.82, 2.24) is 4.98 Å². The van der Waals surface area contributed by atoms with Crippen LogP contribution < -0.4 is 10.1 Å². The Balaban J connectivity index is 2.52. The summed E-state index contributed by atoms with van der Waals surface area (Å²) in [4.78, 5) is 14.5. The molecule has 0 amide bonds. The molecule has 19 heavy (non-hydrogen) atoms. The Morgan fingerprint density at radius 3 is 2.84 bits per heavy atom. The maximum absolute atomic E-state index is 10.9. The van der Waals surface area contributed by atoms with Crippen molar-refractivity contribution in [3.8, 4) is 5.88 Å². The predicted octanol–water partition coefficient (Wildman–Crippen LogP) is 2.94. The fourth-order valence-electron chi connectivity index (χ4n) is 1.58. The smallest absolute Gasteiger partial charge is 0.311 e. The van der Waals surface area contributed by atoms with Crippen molar-refractivity contribution in [3.63, 3.8) is 0 Å². The number of hydrogen-bond acceptors (Lipinski definition) is 6. The number of methoxy groups -OCH3 is 1. The first kappa shape index (κ1) is 15.6. The quantitative estimate of drug-likeness (QED) is 0.427. The highest BCUT2D eigenvalue weighted by Crippen LogP contribution is 2.24. The zero-order chi connectivity index (χ0) is 14.1.